The van der Waals surface area contributed by atoms with Crippen molar-refractivity contribution in [2.24, 2.45) is 0 Å². The average molecular weight is 274 g/mol. The molecule has 0 aliphatic rings. The van der Waals surface area contributed by atoms with Crippen molar-refractivity contribution in [2.75, 3.05) is 31.2 Å². The van der Waals surface area contributed by atoms with Crippen molar-refractivity contribution in [2.45, 2.75) is 6.92 Å². The lowest BCUT2D eigenvalue weighted by molar-refractivity contribution is 0.280. The summed E-state index contributed by atoms with van der Waals surface area (Å²) in [5.41, 5.74) is 2.47. The van der Waals surface area contributed by atoms with Gasteiger partial charge in [0, 0.05) is 18.7 Å². The molecule has 0 saturated carbocycles. The third-order valence-electron chi connectivity index (χ3n) is 2.92. The van der Waals surface area contributed by atoms with E-state index in [-0.39, 0.29) is 13.2 Å². The number of hydrogen-bond acceptors (Lipinski definition) is 6. The van der Waals surface area contributed by atoms with Gasteiger partial charge in [-0.2, -0.15) is 0 Å². The summed E-state index contributed by atoms with van der Waals surface area (Å²) in [7, 11) is 0. The Morgan fingerprint density at radius 1 is 1.00 bits per heavy atom. The van der Waals surface area contributed by atoms with Crippen LogP contribution in [0.4, 0.5) is 5.95 Å². The first-order chi connectivity index (χ1) is 9.76. The fourth-order valence-corrected chi connectivity index (χ4v) is 1.94. The lowest BCUT2D eigenvalue weighted by Gasteiger charge is -2.20. The Hall–Kier alpha value is -2.05. The zero-order chi connectivity index (χ0) is 14.4. The van der Waals surface area contributed by atoms with E-state index >= 15 is 0 Å². The molecule has 106 valence electrons. The van der Waals surface area contributed by atoms with Crippen molar-refractivity contribution in [1.29, 1.82) is 0 Å². The van der Waals surface area contributed by atoms with Gasteiger partial charge in [0.25, 0.3) is 0 Å². The minimum Gasteiger partial charge on any atom is -0.395 e. The fraction of sp³-hybridized carbons (Fsp3) is 0.357. The van der Waals surface area contributed by atoms with Crippen molar-refractivity contribution < 1.29 is 10.2 Å². The molecule has 0 fully saturated rings. The summed E-state index contributed by atoms with van der Waals surface area (Å²) in [5, 5.41) is 26.4. The molecule has 2 rings (SSSR count). The van der Waals surface area contributed by atoms with Crippen LogP contribution < -0.4 is 4.90 Å². The summed E-state index contributed by atoms with van der Waals surface area (Å²) in [6.45, 7) is 2.56. The number of nitrogens with zero attached hydrogens (tertiary/aromatic N) is 4. The highest BCUT2D eigenvalue weighted by Crippen LogP contribution is 2.19. The number of aliphatic hydroxyl groups is 2. The van der Waals surface area contributed by atoms with E-state index in [9.17, 15) is 0 Å². The van der Waals surface area contributed by atoms with Gasteiger partial charge in [-0.1, -0.05) is 30.3 Å². The molecule has 0 saturated heterocycles. The van der Waals surface area contributed by atoms with E-state index in [0.717, 1.165) is 17.0 Å². The molecule has 0 radical (unpaired) electrons. The second kappa shape index (κ2) is 6.93. The Bertz CT molecular complexity index is 542. The second-order valence-corrected chi connectivity index (χ2v) is 4.35. The third kappa shape index (κ3) is 3.28. The van der Waals surface area contributed by atoms with Gasteiger partial charge in [0.15, 0.2) is 0 Å². The topological polar surface area (TPSA) is 82.4 Å². The lowest BCUT2D eigenvalue weighted by Crippen LogP contribution is -2.31. The highest BCUT2D eigenvalue weighted by molar-refractivity contribution is 5.61. The van der Waals surface area contributed by atoms with Crippen LogP contribution in [0.25, 0.3) is 11.3 Å². The maximum atomic E-state index is 9.03. The molecule has 0 atom stereocenters. The van der Waals surface area contributed by atoms with E-state index in [1.807, 2.05) is 37.3 Å². The van der Waals surface area contributed by atoms with Crippen LogP contribution in [0.3, 0.4) is 0 Å². The van der Waals surface area contributed by atoms with Crippen molar-refractivity contribution in [3.63, 3.8) is 0 Å². The normalized spacial score (nSPS) is 10.6. The Balaban J connectivity index is 2.29. The molecule has 1 aromatic carbocycles. The van der Waals surface area contributed by atoms with Crippen LogP contribution in [0, 0.1) is 6.92 Å². The summed E-state index contributed by atoms with van der Waals surface area (Å²) in [6, 6.07) is 9.73. The van der Waals surface area contributed by atoms with E-state index in [4.69, 9.17) is 10.2 Å². The van der Waals surface area contributed by atoms with Crippen molar-refractivity contribution in [3.05, 3.63) is 36.0 Å². The van der Waals surface area contributed by atoms with Gasteiger partial charge in [-0.25, -0.2) is 4.98 Å². The zero-order valence-electron chi connectivity index (χ0n) is 11.4. The van der Waals surface area contributed by atoms with Crippen LogP contribution in [0.1, 0.15) is 5.69 Å². The highest BCUT2D eigenvalue weighted by atomic mass is 16.3. The van der Waals surface area contributed by atoms with Crippen LogP contribution in [0.5, 0.6) is 0 Å². The molecule has 1 aromatic heterocycles. The predicted molar refractivity (Wildman–Crippen MR) is 76.4 cm³/mol. The second-order valence-electron chi connectivity index (χ2n) is 4.35. The molecule has 6 heteroatoms. The summed E-state index contributed by atoms with van der Waals surface area (Å²) >= 11 is 0. The number of aryl methyl sites for hydroxylation is 1. The molecule has 0 aliphatic heterocycles. The largest absolute Gasteiger partial charge is 0.395 e. The smallest absolute Gasteiger partial charge is 0.245 e. The Morgan fingerprint density at radius 3 is 2.20 bits per heavy atom. The number of rotatable bonds is 6. The molecule has 0 aliphatic carbocycles. The quantitative estimate of drug-likeness (QED) is 0.804. The molecule has 0 bridgehead atoms. The van der Waals surface area contributed by atoms with Gasteiger partial charge in [-0.3, -0.25) is 0 Å². The van der Waals surface area contributed by atoms with Crippen LogP contribution in [-0.2, 0) is 0 Å². The number of benzene rings is 1. The Kier molecular flexibility index (Phi) is 4.97. The molecule has 2 N–H and O–H groups in total. The molecular formula is C14H18N4O2. The van der Waals surface area contributed by atoms with Gasteiger partial charge in [-0.15, -0.1) is 10.2 Å². The van der Waals surface area contributed by atoms with Gasteiger partial charge in [0.2, 0.25) is 5.95 Å². The van der Waals surface area contributed by atoms with Crippen molar-refractivity contribution in [1.82, 2.24) is 15.2 Å². The van der Waals surface area contributed by atoms with Gasteiger partial charge in [-0.05, 0) is 6.92 Å². The predicted octanol–water partition coefficient (Wildman–Crippen LogP) is 0.638. The van der Waals surface area contributed by atoms with E-state index in [0.29, 0.717) is 19.0 Å². The molecule has 0 unspecified atom stereocenters. The Labute approximate surface area is 117 Å². The van der Waals surface area contributed by atoms with Gasteiger partial charge < -0.3 is 15.1 Å². The lowest BCUT2D eigenvalue weighted by atomic mass is 10.1. The minimum absolute atomic E-state index is 0.0250. The van der Waals surface area contributed by atoms with Crippen LogP contribution in [0.2, 0.25) is 0 Å². The van der Waals surface area contributed by atoms with Crippen LogP contribution in [0.15, 0.2) is 30.3 Å². The summed E-state index contributed by atoms with van der Waals surface area (Å²) < 4.78 is 0. The maximum Gasteiger partial charge on any atom is 0.245 e. The summed E-state index contributed by atoms with van der Waals surface area (Å²) in [5.74, 6) is 0.422. The average Bonchev–Trinajstić information content (AvgIpc) is 2.48. The molecule has 6 nitrogen and oxygen atoms in total. The number of hydrogen-bond donors (Lipinski definition) is 2. The number of aliphatic hydroxyl groups excluding tert-OH is 2. The van der Waals surface area contributed by atoms with Crippen molar-refractivity contribution in [3.8, 4) is 11.3 Å². The van der Waals surface area contributed by atoms with E-state index in [1.165, 1.54) is 0 Å². The van der Waals surface area contributed by atoms with Gasteiger partial charge >= 0.3 is 0 Å². The number of aromatic nitrogens is 3. The molecule has 2 aromatic rings. The summed E-state index contributed by atoms with van der Waals surface area (Å²) in [6.07, 6.45) is 0. The van der Waals surface area contributed by atoms with Crippen LogP contribution >= 0.6 is 0 Å². The van der Waals surface area contributed by atoms with E-state index in [1.54, 1.807) is 4.90 Å². The molecular weight excluding hydrogens is 256 g/mol. The molecule has 1 heterocycles. The first-order valence-corrected chi connectivity index (χ1v) is 6.49. The Morgan fingerprint density at radius 2 is 1.65 bits per heavy atom. The fourth-order valence-electron chi connectivity index (χ4n) is 1.94. The van der Waals surface area contributed by atoms with Gasteiger partial charge in [0.05, 0.1) is 18.9 Å². The molecule has 0 spiro atoms. The van der Waals surface area contributed by atoms with E-state index in [2.05, 4.69) is 15.2 Å². The first kappa shape index (κ1) is 14.4. The summed E-state index contributed by atoms with van der Waals surface area (Å²) in [4.78, 5) is 6.12. The molecule has 0 amide bonds. The minimum atomic E-state index is -0.0250. The SMILES string of the molecule is Cc1nc(N(CCO)CCO)nnc1-c1ccccc1. The first-order valence-electron chi connectivity index (χ1n) is 6.49. The standard InChI is InChI=1S/C14H18N4O2/c1-11-13(12-5-3-2-4-6-12)16-17-14(15-11)18(7-9-19)8-10-20/h2-6,19-20H,7-10H2,1H3. The number of anilines is 1. The van der Waals surface area contributed by atoms with E-state index < -0.39 is 0 Å². The molecule has 20 heavy (non-hydrogen) atoms. The zero-order valence-corrected chi connectivity index (χ0v) is 11.4. The van der Waals surface area contributed by atoms with Crippen LogP contribution in [-0.4, -0.2) is 51.7 Å². The van der Waals surface area contributed by atoms with Gasteiger partial charge in [0.1, 0.15) is 5.69 Å². The monoisotopic (exact) mass is 274 g/mol. The third-order valence-corrected chi connectivity index (χ3v) is 2.92. The van der Waals surface area contributed by atoms with Crippen molar-refractivity contribution >= 4 is 5.95 Å². The maximum absolute atomic E-state index is 9.03. The highest BCUT2D eigenvalue weighted by Gasteiger charge is 2.12.